The van der Waals surface area contributed by atoms with Crippen LogP contribution in [0.3, 0.4) is 0 Å². The standard InChI is InChI=1S/C13H15NS/c1-8(2)13-14-12-10-6-4-3-5-9(10)7-11(12)15-13/h3-6,11-12,14H,7H2,1-2H3. The Morgan fingerprint density at radius 2 is 2.13 bits per heavy atom. The second kappa shape index (κ2) is 3.31. The maximum atomic E-state index is 3.65. The van der Waals surface area contributed by atoms with Crippen LogP contribution in [0.4, 0.5) is 0 Å². The summed E-state index contributed by atoms with van der Waals surface area (Å²) in [6, 6.07) is 9.37. The van der Waals surface area contributed by atoms with Crippen LogP contribution in [-0.4, -0.2) is 5.25 Å². The Labute approximate surface area is 95.0 Å². The molecule has 1 fully saturated rings. The van der Waals surface area contributed by atoms with Crippen LogP contribution in [-0.2, 0) is 6.42 Å². The van der Waals surface area contributed by atoms with Gasteiger partial charge in [0.1, 0.15) is 0 Å². The lowest BCUT2D eigenvalue weighted by molar-refractivity contribution is 0.649. The molecule has 0 spiro atoms. The third-order valence-corrected chi connectivity index (χ3v) is 4.70. The Bertz CT molecular complexity index is 432. The zero-order valence-electron chi connectivity index (χ0n) is 9.08. The molecular weight excluding hydrogens is 202 g/mol. The third kappa shape index (κ3) is 1.39. The minimum atomic E-state index is 0.552. The first kappa shape index (κ1) is 9.34. The molecule has 0 bridgehead atoms. The molecule has 1 aliphatic carbocycles. The molecular formula is C13H15NS. The lowest BCUT2D eigenvalue weighted by Crippen LogP contribution is -2.16. The van der Waals surface area contributed by atoms with E-state index in [0.29, 0.717) is 11.3 Å². The van der Waals surface area contributed by atoms with Crippen LogP contribution < -0.4 is 5.32 Å². The number of benzene rings is 1. The summed E-state index contributed by atoms with van der Waals surface area (Å²) in [6.45, 7) is 4.37. The van der Waals surface area contributed by atoms with Crippen LogP contribution in [0.1, 0.15) is 31.0 Å². The summed E-state index contributed by atoms with van der Waals surface area (Å²) in [4.78, 5) is 0. The minimum Gasteiger partial charge on any atom is -0.372 e. The number of thioether (sulfide) groups is 1. The van der Waals surface area contributed by atoms with Gasteiger partial charge in [0.05, 0.1) is 11.1 Å². The first-order valence-corrected chi connectivity index (χ1v) is 6.32. The highest BCUT2D eigenvalue weighted by molar-refractivity contribution is 8.04. The lowest BCUT2D eigenvalue weighted by atomic mass is 10.1. The number of rotatable bonds is 0. The first-order chi connectivity index (χ1) is 7.25. The van der Waals surface area contributed by atoms with Gasteiger partial charge >= 0.3 is 0 Å². The van der Waals surface area contributed by atoms with Crippen molar-refractivity contribution < 1.29 is 0 Å². The van der Waals surface area contributed by atoms with Gasteiger partial charge in [-0.05, 0) is 37.0 Å². The van der Waals surface area contributed by atoms with E-state index in [4.69, 9.17) is 0 Å². The van der Waals surface area contributed by atoms with Gasteiger partial charge in [-0.3, -0.25) is 0 Å². The van der Waals surface area contributed by atoms with Crippen LogP contribution in [0.5, 0.6) is 0 Å². The molecule has 0 aromatic heterocycles. The van der Waals surface area contributed by atoms with Gasteiger partial charge in [-0.15, -0.1) is 11.8 Å². The highest BCUT2D eigenvalue weighted by atomic mass is 32.2. The fourth-order valence-corrected chi connectivity index (χ4v) is 3.77. The Morgan fingerprint density at radius 3 is 2.93 bits per heavy atom. The van der Waals surface area contributed by atoms with E-state index >= 15 is 0 Å². The molecule has 1 N–H and O–H groups in total. The summed E-state index contributed by atoms with van der Waals surface area (Å²) in [6.07, 6.45) is 1.22. The quantitative estimate of drug-likeness (QED) is 0.716. The normalized spacial score (nSPS) is 27.2. The molecule has 1 nitrogen and oxygen atoms in total. The first-order valence-electron chi connectivity index (χ1n) is 5.44. The Balaban J connectivity index is 1.98. The number of fused-ring (bicyclic) bond motifs is 3. The van der Waals surface area contributed by atoms with Gasteiger partial charge in [-0.2, -0.15) is 0 Å². The molecule has 2 heteroatoms. The molecule has 3 rings (SSSR count). The summed E-state index contributed by atoms with van der Waals surface area (Å²) < 4.78 is 0. The molecule has 1 aromatic carbocycles. The van der Waals surface area contributed by atoms with E-state index in [-0.39, 0.29) is 0 Å². The van der Waals surface area contributed by atoms with Crippen molar-refractivity contribution in [3.8, 4) is 0 Å². The van der Waals surface area contributed by atoms with E-state index in [0.717, 1.165) is 0 Å². The molecule has 2 unspecified atom stereocenters. The molecule has 1 aliphatic heterocycles. The Morgan fingerprint density at radius 1 is 1.33 bits per heavy atom. The summed E-state index contributed by atoms with van der Waals surface area (Å²) in [5.41, 5.74) is 4.44. The van der Waals surface area contributed by atoms with Crippen LogP contribution in [0.25, 0.3) is 0 Å². The van der Waals surface area contributed by atoms with Crippen molar-refractivity contribution in [2.45, 2.75) is 31.6 Å². The molecule has 2 atom stereocenters. The van der Waals surface area contributed by atoms with E-state index < -0.39 is 0 Å². The summed E-state index contributed by atoms with van der Waals surface area (Å²) in [5.74, 6) is 0. The predicted molar refractivity (Wildman–Crippen MR) is 65.8 cm³/mol. The fraction of sp³-hybridized carbons (Fsp3) is 0.385. The fourth-order valence-electron chi connectivity index (χ4n) is 2.43. The monoisotopic (exact) mass is 217 g/mol. The van der Waals surface area contributed by atoms with Crippen molar-refractivity contribution in [3.63, 3.8) is 0 Å². The van der Waals surface area contributed by atoms with E-state index in [2.05, 4.69) is 43.4 Å². The SMILES string of the molecule is CC(C)=C1NC2c3ccccc3CC2S1. The number of nitrogens with one attached hydrogen (secondary N) is 1. The maximum absolute atomic E-state index is 3.65. The highest BCUT2D eigenvalue weighted by Gasteiger charge is 2.38. The van der Waals surface area contributed by atoms with E-state index in [9.17, 15) is 0 Å². The number of hydrogen-bond donors (Lipinski definition) is 1. The molecule has 0 saturated carbocycles. The summed E-state index contributed by atoms with van der Waals surface area (Å²) in [5, 5.41) is 5.75. The molecule has 1 aromatic rings. The van der Waals surface area contributed by atoms with Crippen molar-refractivity contribution in [1.82, 2.24) is 5.32 Å². The molecule has 1 saturated heterocycles. The average molecular weight is 217 g/mol. The molecule has 0 radical (unpaired) electrons. The second-order valence-corrected chi connectivity index (χ2v) is 5.76. The zero-order valence-corrected chi connectivity index (χ0v) is 9.90. The average Bonchev–Trinajstić information content (AvgIpc) is 2.73. The van der Waals surface area contributed by atoms with Crippen LogP contribution in [0, 0.1) is 0 Å². The van der Waals surface area contributed by atoms with Crippen molar-refractivity contribution in [2.75, 3.05) is 0 Å². The van der Waals surface area contributed by atoms with Gasteiger partial charge in [0.2, 0.25) is 0 Å². The number of allylic oxidation sites excluding steroid dienone is 1. The van der Waals surface area contributed by atoms with Crippen LogP contribution >= 0.6 is 11.8 Å². The largest absolute Gasteiger partial charge is 0.372 e. The smallest absolute Gasteiger partial charge is 0.0676 e. The van der Waals surface area contributed by atoms with Crippen LogP contribution in [0.15, 0.2) is 34.9 Å². The van der Waals surface area contributed by atoms with Crippen molar-refractivity contribution in [3.05, 3.63) is 46.0 Å². The minimum absolute atomic E-state index is 0.552. The third-order valence-electron chi connectivity index (χ3n) is 3.19. The summed E-state index contributed by atoms with van der Waals surface area (Å²) >= 11 is 2.01. The van der Waals surface area contributed by atoms with E-state index in [1.165, 1.54) is 28.1 Å². The summed E-state index contributed by atoms with van der Waals surface area (Å²) in [7, 11) is 0. The Kier molecular flexibility index (Phi) is 2.06. The van der Waals surface area contributed by atoms with Gasteiger partial charge in [0, 0.05) is 5.25 Å². The van der Waals surface area contributed by atoms with E-state index in [1.54, 1.807) is 0 Å². The van der Waals surface area contributed by atoms with Gasteiger partial charge in [0.25, 0.3) is 0 Å². The highest BCUT2D eigenvalue weighted by Crippen LogP contribution is 2.47. The molecule has 1 heterocycles. The van der Waals surface area contributed by atoms with E-state index in [1.807, 2.05) is 11.8 Å². The second-order valence-electron chi connectivity index (χ2n) is 4.51. The number of hydrogen-bond acceptors (Lipinski definition) is 2. The van der Waals surface area contributed by atoms with Gasteiger partial charge < -0.3 is 5.32 Å². The van der Waals surface area contributed by atoms with Crippen molar-refractivity contribution in [1.29, 1.82) is 0 Å². The molecule has 15 heavy (non-hydrogen) atoms. The predicted octanol–water partition coefficient (Wildman–Crippen LogP) is 3.24. The molecule has 2 aliphatic rings. The van der Waals surface area contributed by atoms with Gasteiger partial charge in [-0.1, -0.05) is 24.3 Å². The van der Waals surface area contributed by atoms with Gasteiger partial charge in [0.15, 0.2) is 0 Å². The zero-order chi connectivity index (χ0) is 10.4. The van der Waals surface area contributed by atoms with Gasteiger partial charge in [-0.25, -0.2) is 0 Å². The van der Waals surface area contributed by atoms with Crippen molar-refractivity contribution in [2.24, 2.45) is 0 Å². The Hall–Kier alpha value is -0.890. The topological polar surface area (TPSA) is 12.0 Å². The molecule has 78 valence electrons. The lowest BCUT2D eigenvalue weighted by Gasteiger charge is -2.10. The molecule has 0 amide bonds. The maximum Gasteiger partial charge on any atom is 0.0676 e. The van der Waals surface area contributed by atoms with Crippen molar-refractivity contribution >= 4 is 11.8 Å². The van der Waals surface area contributed by atoms with Crippen LogP contribution in [0.2, 0.25) is 0 Å².